The molecule has 0 aromatic rings. The standard InChI is InChI=1S/C18H28O10/c1-7-10(24-2)4-8-9(16(23)25-3)6-26-17(12(7)8)28-18-15(22)14(21)13(20)11(5-19)27-18/h6-8,10-15,17-22H,4-5H2,1-3H3/t7-,8+,10-,11+,12+,13+,14-,15+,17-,18-/m0/s1. The molecule has 28 heavy (non-hydrogen) atoms. The van der Waals surface area contributed by atoms with E-state index in [1.54, 1.807) is 7.11 Å². The third-order valence-corrected chi connectivity index (χ3v) is 6.03. The van der Waals surface area contributed by atoms with Gasteiger partial charge in [-0.15, -0.1) is 0 Å². The highest BCUT2D eigenvalue weighted by Gasteiger charge is 2.53. The van der Waals surface area contributed by atoms with E-state index in [0.717, 1.165) is 0 Å². The van der Waals surface area contributed by atoms with Crippen LogP contribution in [0.4, 0.5) is 0 Å². The molecule has 10 nitrogen and oxygen atoms in total. The molecule has 1 saturated carbocycles. The Kier molecular flexibility index (Phi) is 6.60. The van der Waals surface area contributed by atoms with Crippen molar-refractivity contribution in [3.63, 3.8) is 0 Å². The molecule has 1 saturated heterocycles. The van der Waals surface area contributed by atoms with Crippen LogP contribution in [0.25, 0.3) is 0 Å². The molecule has 0 aromatic carbocycles. The normalized spacial score (nSPS) is 45.8. The highest BCUT2D eigenvalue weighted by molar-refractivity contribution is 5.89. The maximum atomic E-state index is 12.1. The smallest absolute Gasteiger partial charge is 0.337 e. The van der Waals surface area contributed by atoms with Crippen molar-refractivity contribution in [2.24, 2.45) is 17.8 Å². The topological polar surface area (TPSA) is 144 Å². The molecule has 160 valence electrons. The molecular weight excluding hydrogens is 376 g/mol. The molecular formula is C18H28O10. The number of methoxy groups -OCH3 is 2. The Morgan fingerprint density at radius 3 is 2.50 bits per heavy atom. The van der Waals surface area contributed by atoms with Crippen molar-refractivity contribution in [2.75, 3.05) is 20.8 Å². The van der Waals surface area contributed by atoms with Crippen molar-refractivity contribution in [1.82, 2.24) is 0 Å². The van der Waals surface area contributed by atoms with Crippen molar-refractivity contribution < 1.29 is 48.9 Å². The number of carbonyl (C=O) groups excluding carboxylic acids is 1. The van der Waals surface area contributed by atoms with E-state index in [1.165, 1.54) is 13.4 Å². The molecule has 4 N–H and O–H groups in total. The molecule has 10 atom stereocenters. The zero-order valence-electron chi connectivity index (χ0n) is 16.0. The number of ether oxygens (including phenoxy) is 5. The second-order valence-corrected chi connectivity index (χ2v) is 7.46. The van der Waals surface area contributed by atoms with Crippen LogP contribution < -0.4 is 0 Å². The molecule has 2 aliphatic heterocycles. The van der Waals surface area contributed by atoms with Gasteiger partial charge in [0.2, 0.25) is 6.29 Å². The summed E-state index contributed by atoms with van der Waals surface area (Å²) in [5.41, 5.74) is 0.382. The number of aliphatic hydroxyl groups is 4. The van der Waals surface area contributed by atoms with Crippen LogP contribution in [0.1, 0.15) is 13.3 Å². The van der Waals surface area contributed by atoms with Crippen LogP contribution in [0.5, 0.6) is 0 Å². The number of hydrogen-bond acceptors (Lipinski definition) is 10. The van der Waals surface area contributed by atoms with Gasteiger partial charge in [0, 0.05) is 18.9 Å². The quantitative estimate of drug-likeness (QED) is 0.400. The summed E-state index contributed by atoms with van der Waals surface area (Å²) < 4.78 is 27.2. The highest BCUT2D eigenvalue weighted by atomic mass is 16.8. The molecule has 0 spiro atoms. The van der Waals surface area contributed by atoms with Crippen LogP contribution >= 0.6 is 0 Å². The van der Waals surface area contributed by atoms with Crippen LogP contribution in [0.3, 0.4) is 0 Å². The van der Waals surface area contributed by atoms with E-state index in [9.17, 15) is 25.2 Å². The molecule has 0 unspecified atom stereocenters. The number of carbonyl (C=O) groups is 1. The predicted octanol–water partition coefficient (Wildman–Crippen LogP) is -1.50. The molecule has 2 fully saturated rings. The summed E-state index contributed by atoms with van der Waals surface area (Å²) in [7, 11) is 2.88. The van der Waals surface area contributed by atoms with E-state index in [2.05, 4.69) is 0 Å². The zero-order valence-corrected chi connectivity index (χ0v) is 16.0. The molecule has 0 aromatic heterocycles. The van der Waals surface area contributed by atoms with E-state index in [-0.39, 0.29) is 23.9 Å². The molecule has 2 heterocycles. The van der Waals surface area contributed by atoms with Gasteiger partial charge in [0.15, 0.2) is 6.29 Å². The summed E-state index contributed by atoms with van der Waals surface area (Å²) in [4.78, 5) is 12.1. The van der Waals surface area contributed by atoms with E-state index >= 15 is 0 Å². The Balaban J connectivity index is 1.81. The molecule has 0 bridgehead atoms. The zero-order chi connectivity index (χ0) is 20.6. The SMILES string of the molecule is COC(=O)C1=CO[C@@H](O[C@@H]2O[C@H](CO)[C@@H](O)[C@H](O)[C@H]2O)[C@@H]2[C@@H](C)[C@@H](OC)C[C@H]12. The summed E-state index contributed by atoms with van der Waals surface area (Å²) in [5, 5.41) is 39.4. The molecule has 0 amide bonds. The van der Waals surface area contributed by atoms with Gasteiger partial charge in [-0.2, -0.15) is 0 Å². The second kappa shape index (κ2) is 8.62. The van der Waals surface area contributed by atoms with Gasteiger partial charge in [-0.3, -0.25) is 0 Å². The average Bonchev–Trinajstić information content (AvgIpc) is 3.04. The first kappa shape index (κ1) is 21.4. The van der Waals surface area contributed by atoms with Crippen molar-refractivity contribution >= 4 is 5.97 Å². The Hall–Kier alpha value is -1.27. The summed E-state index contributed by atoms with van der Waals surface area (Å²) in [6, 6.07) is 0. The summed E-state index contributed by atoms with van der Waals surface area (Å²) in [6.07, 6.45) is -6.16. The Labute approximate surface area is 162 Å². The van der Waals surface area contributed by atoms with Crippen molar-refractivity contribution in [1.29, 1.82) is 0 Å². The van der Waals surface area contributed by atoms with Crippen molar-refractivity contribution in [2.45, 2.75) is 56.4 Å². The average molecular weight is 404 g/mol. The monoisotopic (exact) mass is 404 g/mol. The van der Waals surface area contributed by atoms with Gasteiger partial charge in [-0.25, -0.2) is 4.79 Å². The molecule has 0 radical (unpaired) electrons. The fourth-order valence-corrected chi connectivity index (χ4v) is 4.39. The predicted molar refractivity (Wildman–Crippen MR) is 91.4 cm³/mol. The van der Waals surface area contributed by atoms with Crippen LogP contribution in [-0.2, 0) is 28.5 Å². The lowest BCUT2D eigenvalue weighted by atomic mass is 9.83. The number of fused-ring (bicyclic) bond motifs is 1. The van der Waals surface area contributed by atoms with Crippen LogP contribution in [0.2, 0.25) is 0 Å². The first-order chi connectivity index (χ1) is 13.3. The number of aliphatic hydroxyl groups excluding tert-OH is 4. The van der Waals surface area contributed by atoms with Gasteiger partial charge in [-0.1, -0.05) is 6.92 Å². The molecule has 1 aliphatic carbocycles. The van der Waals surface area contributed by atoms with Gasteiger partial charge in [-0.05, 0) is 12.3 Å². The Bertz CT molecular complexity index is 593. The first-order valence-corrected chi connectivity index (χ1v) is 9.26. The molecule has 10 heteroatoms. The molecule has 3 aliphatic rings. The van der Waals surface area contributed by atoms with E-state index in [4.69, 9.17) is 23.7 Å². The summed E-state index contributed by atoms with van der Waals surface area (Å²) in [6.45, 7) is 1.39. The van der Waals surface area contributed by atoms with Crippen LogP contribution in [-0.4, -0.2) is 90.3 Å². The minimum atomic E-state index is -1.55. The van der Waals surface area contributed by atoms with Gasteiger partial charge in [0.1, 0.15) is 24.4 Å². The fourth-order valence-electron chi connectivity index (χ4n) is 4.39. The van der Waals surface area contributed by atoms with Gasteiger partial charge in [0.25, 0.3) is 0 Å². The van der Waals surface area contributed by atoms with Crippen molar-refractivity contribution in [3.05, 3.63) is 11.8 Å². The maximum absolute atomic E-state index is 12.1. The summed E-state index contributed by atoms with van der Waals surface area (Å²) >= 11 is 0. The van der Waals surface area contributed by atoms with Gasteiger partial charge >= 0.3 is 5.97 Å². The van der Waals surface area contributed by atoms with Crippen molar-refractivity contribution in [3.8, 4) is 0 Å². The number of esters is 1. The maximum Gasteiger partial charge on any atom is 0.337 e. The largest absolute Gasteiger partial charge is 0.472 e. The van der Waals surface area contributed by atoms with Gasteiger partial charge < -0.3 is 44.1 Å². The second-order valence-electron chi connectivity index (χ2n) is 7.46. The minimum absolute atomic E-state index is 0.0433. The lowest BCUT2D eigenvalue weighted by Gasteiger charge is -2.43. The molecule has 3 rings (SSSR count). The third-order valence-electron chi connectivity index (χ3n) is 6.03. The third kappa shape index (κ3) is 3.65. The van der Waals surface area contributed by atoms with Crippen LogP contribution in [0.15, 0.2) is 11.8 Å². The van der Waals surface area contributed by atoms with E-state index in [1.807, 2.05) is 6.92 Å². The lowest BCUT2D eigenvalue weighted by Crippen LogP contribution is -2.60. The Morgan fingerprint density at radius 2 is 1.89 bits per heavy atom. The minimum Gasteiger partial charge on any atom is -0.472 e. The Morgan fingerprint density at radius 1 is 1.18 bits per heavy atom. The van der Waals surface area contributed by atoms with E-state index < -0.39 is 49.6 Å². The number of rotatable bonds is 5. The fraction of sp³-hybridized carbons (Fsp3) is 0.833. The van der Waals surface area contributed by atoms with E-state index in [0.29, 0.717) is 12.0 Å². The first-order valence-electron chi connectivity index (χ1n) is 9.26. The van der Waals surface area contributed by atoms with Gasteiger partial charge in [0.05, 0.1) is 31.7 Å². The summed E-state index contributed by atoms with van der Waals surface area (Å²) in [5.74, 6) is -1.07. The number of hydrogen-bond donors (Lipinski definition) is 4. The van der Waals surface area contributed by atoms with Crippen LogP contribution in [0, 0.1) is 17.8 Å². The highest BCUT2D eigenvalue weighted by Crippen LogP contribution is 2.48. The lowest BCUT2D eigenvalue weighted by molar-refractivity contribution is -0.342.